The number of hydrogen-bond acceptors (Lipinski definition) is 4. The molecule has 1 aliphatic rings. The molecule has 1 saturated heterocycles. The van der Waals surface area contributed by atoms with Gasteiger partial charge in [-0.1, -0.05) is 18.2 Å². The quantitative estimate of drug-likeness (QED) is 0.899. The van der Waals surface area contributed by atoms with Crippen LogP contribution in [0.25, 0.3) is 10.8 Å². The molecule has 0 saturated carbocycles. The summed E-state index contributed by atoms with van der Waals surface area (Å²) in [6.07, 6.45) is 1.65. The molecular formula is C15H17N3O3. The summed E-state index contributed by atoms with van der Waals surface area (Å²) in [6, 6.07) is 7.17. The summed E-state index contributed by atoms with van der Waals surface area (Å²) in [4.78, 5) is 26.1. The number of rotatable bonds is 2. The van der Waals surface area contributed by atoms with Crippen molar-refractivity contribution in [1.82, 2.24) is 15.1 Å². The molecule has 0 spiro atoms. The standard InChI is InChI=1S/C15H17N3O3/c1-18(10-6-8-21-9-7-10)15(20)13-11-4-2-3-5-12(11)14(19)17-16-13/h2-5,10H,6-9H2,1H3,(H,17,19). The van der Waals surface area contributed by atoms with E-state index in [2.05, 4.69) is 10.2 Å². The molecule has 0 radical (unpaired) electrons. The lowest BCUT2D eigenvalue weighted by Gasteiger charge is -2.31. The van der Waals surface area contributed by atoms with Crippen LogP contribution in [-0.4, -0.2) is 47.3 Å². The molecule has 0 atom stereocenters. The molecule has 1 aromatic carbocycles. The largest absolute Gasteiger partial charge is 0.381 e. The number of H-pyrrole nitrogens is 1. The summed E-state index contributed by atoms with van der Waals surface area (Å²) in [6.45, 7) is 1.34. The van der Waals surface area contributed by atoms with Crippen molar-refractivity contribution in [2.75, 3.05) is 20.3 Å². The third-order valence-electron chi connectivity index (χ3n) is 3.96. The zero-order chi connectivity index (χ0) is 14.8. The lowest BCUT2D eigenvalue weighted by Crippen LogP contribution is -2.41. The van der Waals surface area contributed by atoms with Gasteiger partial charge in [-0.05, 0) is 18.9 Å². The van der Waals surface area contributed by atoms with Crippen molar-refractivity contribution < 1.29 is 9.53 Å². The molecule has 0 bridgehead atoms. The number of amides is 1. The minimum atomic E-state index is -0.282. The van der Waals surface area contributed by atoms with Crippen molar-refractivity contribution in [2.45, 2.75) is 18.9 Å². The first-order valence-electron chi connectivity index (χ1n) is 7.01. The third kappa shape index (κ3) is 2.54. The molecule has 3 rings (SSSR count). The maximum atomic E-state index is 12.7. The maximum Gasteiger partial charge on any atom is 0.274 e. The molecule has 1 amide bonds. The third-order valence-corrected chi connectivity index (χ3v) is 3.96. The van der Waals surface area contributed by atoms with Gasteiger partial charge >= 0.3 is 0 Å². The SMILES string of the molecule is CN(C(=O)c1n[nH]c(=O)c2ccccc12)C1CCOCC1. The Bertz CT molecular complexity index is 719. The number of aromatic amines is 1. The van der Waals surface area contributed by atoms with Crippen LogP contribution in [0.1, 0.15) is 23.3 Å². The van der Waals surface area contributed by atoms with E-state index in [-0.39, 0.29) is 17.5 Å². The molecule has 110 valence electrons. The molecule has 1 fully saturated rings. The van der Waals surface area contributed by atoms with Crippen LogP contribution in [0.2, 0.25) is 0 Å². The minimum absolute atomic E-state index is 0.152. The number of carbonyl (C=O) groups excluding carboxylic acids is 1. The van der Waals surface area contributed by atoms with Crippen LogP contribution in [0, 0.1) is 0 Å². The molecule has 21 heavy (non-hydrogen) atoms. The molecule has 6 heteroatoms. The Balaban J connectivity index is 1.98. The molecule has 2 aromatic rings. The van der Waals surface area contributed by atoms with E-state index in [0.29, 0.717) is 29.7 Å². The number of aromatic nitrogens is 2. The van der Waals surface area contributed by atoms with Gasteiger partial charge in [0.2, 0.25) is 0 Å². The Morgan fingerprint density at radius 1 is 1.29 bits per heavy atom. The van der Waals surface area contributed by atoms with Crippen LogP contribution in [0.5, 0.6) is 0 Å². The van der Waals surface area contributed by atoms with Crippen LogP contribution in [0.3, 0.4) is 0 Å². The smallest absolute Gasteiger partial charge is 0.274 e. The highest BCUT2D eigenvalue weighted by atomic mass is 16.5. The molecule has 6 nitrogen and oxygen atoms in total. The number of hydrogen-bond donors (Lipinski definition) is 1. The van der Waals surface area contributed by atoms with Crippen LogP contribution >= 0.6 is 0 Å². The van der Waals surface area contributed by atoms with E-state index in [4.69, 9.17) is 4.74 Å². The zero-order valence-corrected chi connectivity index (χ0v) is 11.8. The Kier molecular flexibility index (Phi) is 3.70. The average molecular weight is 287 g/mol. The first kappa shape index (κ1) is 13.8. The van der Waals surface area contributed by atoms with Gasteiger partial charge in [-0.25, -0.2) is 5.10 Å². The number of ether oxygens (including phenoxy) is 1. The molecule has 0 aliphatic carbocycles. The van der Waals surface area contributed by atoms with Gasteiger partial charge in [-0.3, -0.25) is 9.59 Å². The molecule has 1 aromatic heterocycles. The lowest BCUT2D eigenvalue weighted by molar-refractivity contribution is 0.0359. The molecular weight excluding hydrogens is 270 g/mol. The number of benzene rings is 1. The molecule has 2 heterocycles. The highest BCUT2D eigenvalue weighted by Gasteiger charge is 2.25. The van der Waals surface area contributed by atoms with E-state index < -0.39 is 0 Å². The fourth-order valence-electron chi connectivity index (χ4n) is 2.68. The highest BCUT2D eigenvalue weighted by Crippen LogP contribution is 2.18. The summed E-state index contributed by atoms with van der Waals surface area (Å²) in [5.41, 5.74) is 0.00932. The van der Waals surface area contributed by atoms with Crippen molar-refractivity contribution >= 4 is 16.7 Å². The van der Waals surface area contributed by atoms with Gasteiger partial charge in [0.1, 0.15) is 0 Å². The fourth-order valence-corrected chi connectivity index (χ4v) is 2.68. The van der Waals surface area contributed by atoms with Gasteiger partial charge in [-0.15, -0.1) is 0 Å². The van der Waals surface area contributed by atoms with Crippen molar-refractivity contribution in [3.8, 4) is 0 Å². The van der Waals surface area contributed by atoms with E-state index in [1.54, 1.807) is 36.2 Å². The fraction of sp³-hybridized carbons (Fsp3) is 0.400. The van der Waals surface area contributed by atoms with E-state index in [1.807, 2.05) is 0 Å². The second-order valence-corrected chi connectivity index (χ2v) is 5.21. The normalized spacial score (nSPS) is 16.0. The van der Waals surface area contributed by atoms with Crippen LogP contribution in [-0.2, 0) is 4.74 Å². The Morgan fingerprint density at radius 2 is 1.95 bits per heavy atom. The summed E-state index contributed by atoms with van der Waals surface area (Å²) in [5.74, 6) is -0.172. The second kappa shape index (κ2) is 5.65. The van der Waals surface area contributed by atoms with Crippen LogP contribution in [0.15, 0.2) is 29.1 Å². The summed E-state index contributed by atoms with van der Waals surface area (Å²) in [7, 11) is 1.78. The van der Waals surface area contributed by atoms with Crippen LogP contribution in [0.4, 0.5) is 0 Å². The van der Waals surface area contributed by atoms with Gasteiger partial charge in [0.15, 0.2) is 5.69 Å². The Labute approximate surface area is 121 Å². The molecule has 1 aliphatic heterocycles. The Morgan fingerprint density at radius 3 is 2.67 bits per heavy atom. The predicted octanol–water partition coefficient (Wildman–Crippen LogP) is 1.17. The lowest BCUT2D eigenvalue weighted by atomic mass is 10.1. The van der Waals surface area contributed by atoms with Crippen molar-refractivity contribution in [2.24, 2.45) is 0 Å². The summed E-state index contributed by atoms with van der Waals surface area (Å²) >= 11 is 0. The first-order chi connectivity index (χ1) is 10.2. The minimum Gasteiger partial charge on any atom is -0.381 e. The second-order valence-electron chi connectivity index (χ2n) is 5.21. The van der Waals surface area contributed by atoms with E-state index >= 15 is 0 Å². The van der Waals surface area contributed by atoms with Gasteiger partial charge < -0.3 is 9.64 Å². The van der Waals surface area contributed by atoms with Gasteiger partial charge in [0.25, 0.3) is 11.5 Å². The zero-order valence-electron chi connectivity index (χ0n) is 11.8. The van der Waals surface area contributed by atoms with Gasteiger partial charge in [0.05, 0.1) is 5.39 Å². The number of nitrogens with zero attached hydrogens (tertiary/aromatic N) is 2. The monoisotopic (exact) mass is 287 g/mol. The van der Waals surface area contributed by atoms with Crippen molar-refractivity contribution in [3.05, 3.63) is 40.3 Å². The number of carbonyl (C=O) groups is 1. The van der Waals surface area contributed by atoms with E-state index in [1.165, 1.54) is 0 Å². The van der Waals surface area contributed by atoms with Crippen molar-refractivity contribution in [3.63, 3.8) is 0 Å². The topological polar surface area (TPSA) is 75.3 Å². The summed E-state index contributed by atoms with van der Waals surface area (Å²) in [5, 5.41) is 7.44. The molecule has 1 N–H and O–H groups in total. The average Bonchev–Trinajstić information content (AvgIpc) is 2.55. The first-order valence-corrected chi connectivity index (χ1v) is 7.01. The molecule has 0 unspecified atom stereocenters. The Hall–Kier alpha value is -2.21. The highest BCUT2D eigenvalue weighted by molar-refractivity contribution is 6.04. The van der Waals surface area contributed by atoms with Crippen LogP contribution < -0.4 is 5.56 Å². The van der Waals surface area contributed by atoms with Crippen molar-refractivity contribution in [1.29, 1.82) is 0 Å². The van der Waals surface area contributed by atoms with Gasteiger partial charge in [0, 0.05) is 31.7 Å². The van der Waals surface area contributed by atoms with E-state index in [0.717, 1.165) is 12.8 Å². The maximum absolute atomic E-state index is 12.7. The number of nitrogens with one attached hydrogen (secondary N) is 1. The van der Waals surface area contributed by atoms with E-state index in [9.17, 15) is 9.59 Å². The van der Waals surface area contributed by atoms with Gasteiger partial charge in [-0.2, -0.15) is 5.10 Å². The predicted molar refractivity (Wildman–Crippen MR) is 78.3 cm³/mol. The summed E-state index contributed by atoms with van der Waals surface area (Å²) < 4.78 is 5.32. The number of fused-ring (bicyclic) bond motifs is 1.